The van der Waals surface area contributed by atoms with Crippen LogP contribution in [0.4, 0.5) is 4.39 Å². The highest BCUT2D eigenvalue weighted by Crippen LogP contribution is 2.27. The van der Waals surface area contributed by atoms with Gasteiger partial charge < -0.3 is 5.11 Å². The van der Waals surface area contributed by atoms with Gasteiger partial charge in [-0.3, -0.25) is 0 Å². The maximum Gasteiger partial charge on any atom is 0.243 e. The van der Waals surface area contributed by atoms with Crippen LogP contribution in [0.3, 0.4) is 0 Å². The number of aliphatic hydroxyl groups is 1. The Morgan fingerprint density at radius 1 is 1.42 bits per heavy atom. The number of halogens is 2. The van der Waals surface area contributed by atoms with Gasteiger partial charge in [-0.25, -0.2) is 12.8 Å². The highest BCUT2D eigenvalue weighted by molar-refractivity contribution is 7.89. The lowest BCUT2D eigenvalue weighted by atomic mass is 10.1. The van der Waals surface area contributed by atoms with E-state index < -0.39 is 21.9 Å². The van der Waals surface area contributed by atoms with E-state index in [4.69, 9.17) is 11.6 Å². The number of nitrogens with zero attached hydrogens (tertiary/aromatic N) is 1. The molecule has 1 aliphatic rings. The Bertz CT molecular complexity index is 564. The lowest BCUT2D eigenvalue weighted by Crippen LogP contribution is -2.45. The number of benzene rings is 1. The minimum Gasteiger partial charge on any atom is -0.395 e. The average molecular weight is 308 g/mol. The number of hydrogen-bond acceptors (Lipinski definition) is 3. The molecule has 1 aliphatic heterocycles. The first-order chi connectivity index (χ1) is 8.96. The Balaban J connectivity index is 2.37. The molecule has 106 valence electrons. The van der Waals surface area contributed by atoms with Crippen molar-refractivity contribution in [2.75, 3.05) is 13.2 Å². The van der Waals surface area contributed by atoms with Crippen molar-refractivity contribution in [2.45, 2.75) is 30.2 Å². The van der Waals surface area contributed by atoms with Crippen molar-refractivity contribution in [1.82, 2.24) is 4.31 Å². The summed E-state index contributed by atoms with van der Waals surface area (Å²) in [6.07, 6.45) is 2.27. The van der Waals surface area contributed by atoms with Gasteiger partial charge in [0.2, 0.25) is 10.0 Å². The maximum atomic E-state index is 13.1. The number of sulfonamides is 1. The summed E-state index contributed by atoms with van der Waals surface area (Å²) in [5.41, 5.74) is 0. The number of piperidine rings is 1. The van der Waals surface area contributed by atoms with Crippen LogP contribution in [0.25, 0.3) is 0 Å². The van der Waals surface area contributed by atoms with E-state index in [1.807, 2.05) is 0 Å². The van der Waals surface area contributed by atoms with Gasteiger partial charge in [0.05, 0.1) is 16.5 Å². The van der Waals surface area contributed by atoms with Gasteiger partial charge >= 0.3 is 0 Å². The van der Waals surface area contributed by atoms with Crippen LogP contribution in [0.15, 0.2) is 23.1 Å². The molecule has 0 radical (unpaired) electrons. The molecule has 0 bridgehead atoms. The lowest BCUT2D eigenvalue weighted by molar-refractivity contribution is 0.155. The second-order valence-electron chi connectivity index (χ2n) is 4.52. The van der Waals surface area contributed by atoms with E-state index in [9.17, 15) is 17.9 Å². The van der Waals surface area contributed by atoms with Crippen LogP contribution in [-0.2, 0) is 10.0 Å². The van der Waals surface area contributed by atoms with Crippen LogP contribution >= 0.6 is 11.6 Å². The van der Waals surface area contributed by atoms with E-state index in [0.717, 1.165) is 25.0 Å². The maximum absolute atomic E-state index is 13.1. The quantitative estimate of drug-likeness (QED) is 0.929. The Morgan fingerprint density at radius 3 is 2.79 bits per heavy atom. The van der Waals surface area contributed by atoms with E-state index in [1.54, 1.807) is 0 Å². The summed E-state index contributed by atoms with van der Waals surface area (Å²) in [5.74, 6) is -0.655. The zero-order valence-corrected chi connectivity index (χ0v) is 11.8. The third-order valence-electron chi connectivity index (χ3n) is 3.28. The molecule has 1 saturated heterocycles. The van der Waals surface area contributed by atoms with Crippen LogP contribution in [0.2, 0.25) is 5.02 Å². The Labute approximate surface area is 116 Å². The minimum atomic E-state index is -3.74. The Morgan fingerprint density at radius 2 is 2.16 bits per heavy atom. The minimum absolute atomic E-state index is 0.0424. The van der Waals surface area contributed by atoms with E-state index in [0.29, 0.717) is 13.0 Å². The fourth-order valence-electron chi connectivity index (χ4n) is 2.25. The Hall–Kier alpha value is -0.690. The number of rotatable bonds is 3. The molecule has 1 unspecified atom stereocenters. The molecule has 2 rings (SSSR count). The second kappa shape index (κ2) is 5.75. The zero-order chi connectivity index (χ0) is 14.0. The van der Waals surface area contributed by atoms with Crippen molar-refractivity contribution in [2.24, 2.45) is 0 Å². The smallest absolute Gasteiger partial charge is 0.243 e. The van der Waals surface area contributed by atoms with E-state index >= 15 is 0 Å². The highest BCUT2D eigenvalue weighted by Gasteiger charge is 2.33. The SMILES string of the molecule is O=S(=O)(c1ccc(F)c(Cl)c1)N1CCCCC1CO. The van der Waals surface area contributed by atoms with Crippen molar-refractivity contribution in [1.29, 1.82) is 0 Å². The predicted octanol–water partition coefficient (Wildman–Crippen LogP) is 2.01. The summed E-state index contributed by atoms with van der Waals surface area (Å²) in [6, 6.07) is 2.92. The van der Waals surface area contributed by atoms with E-state index in [-0.39, 0.29) is 16.5 Å². The first-order valence-electron chi connectivity index (χ1n) is 6.04. The number of hydrogen-bond donors (Lipinski definition) is 1. The van der Waals surface area contributed by atoms with Crippen molar-refractivity contribution >= 4 is 21.6 Å². The van der Waals surface area contributed by atoms with Crippen LogP contribution in [0.1, 0.15) is 19.3 Å². The third kappa shape index (κ3) is 2.91. The molecule has 1 N–H and O–H groups in total. The van der Waals surface area contributed by atoms with Crippen LogP contribution < -0.4 is 0 Å². The molecule has 1 aromatic carbocycles. The fourth-order valence-corrected chi connectivity index (χ4v) is 4.20. The molecule has 1 atom stereocenters. The van der Waals surface area contributed by atoms with Crippen LogP contribution in [0, 0.1) is 5.82 Å². The van der Waals surface area contributed by atoms with Crippen molar-refractivity contribution < 1.29 is 17.9 Å². The zero-order valence-electron chi connectivity index (χ0n) is 10.2. The highest BCUT2D eigenvalue weighted by atomic mass is 35.5. The molecule has 0 spiro atoms. The monoisotopic (exact) mass is 307 g/mol. The summed E-state index contributed by atoms with van der Waals surface area (Å²) in [5, 5.41) is 9.05. The molecule has 1 fully saturated rings. The van der Waals surface area contributed by atoms with Gasteiger partial charge in [-0.15, -0.1) is 0 Å². The van der Waals surface area contributed by atoms with Gasteiger partial charge in [0.15, 0.2) is 0 Å². The van der Waals surface area contributed by atoms with Crippen LogP contribution in [-0.4, -0.2) is 37.0 Å². The molecular weight excluding hydrogens is 293 g/mol. The predicted molar refractivity (Wildman–Crippen MR) is 70.0 cm³/mol. The molecule has 0 saturated carbocycles. The first kappa shape index (κ1) is 14.7. The normalized spacial score (nSPS) is 21.5. The van der Waals surface area contributed by atoms with E-state index in [1.165, 1.54) is 10.4 Å². The molecule has 4 nitrogen and oxygen atoms in total. The lowest BCUT2D eigenvalue weighted by Gasteiger charge is -2.33. The molecule has 0 amide bonds. The fraction of sp³-hybridized carbons (Fsp3) is 0.500. The average Bonchev–Trinajstić information content (AvgIpc) is 2.41. The molecular formula is C12H15ClFNO3S. The molecule has 19 heavy (non-hydrogen) atoms. The summed E-state index contributed by atoms with van der Waals surface area (Å²) < 4.78 is 39.3. The molecule has 1 aromatic rings. The van der Waals surface area contributed by atoms with Gasteiger partial charge in [0.25, 0.3) is 0 Å². The van der Waals surface area contributed by atoms with Gasteiger partial charge in [0.1, 0.15) is 5.82 Å². The summed E-state index contributed by atoms with van der Waals surface area (Å²) in [4.78, 5) is -0.0424. The van der Waals surface area contributed by atoms with Crippen molar-refractivity contribution in [3.63, 3.8) is 0 Å². The summed E-state index contributed by atoms with van der Waals surface area (Å²) >= 11 is 5.62. The summed E-state index contributed by atoms with van der Waals surface area (Å²) in [6.45, 7) is 0.150. The van der Waals surface area contributed by atoms with Gasteiger partial charge in [-0.2, -0.15) is 4.31 Å². The van der Waals surface area contributed by atoms with Gasteiger partial charge in [0, 0.05) is 12.6 Å². The molecule has 1 heterocycles. The number of aliphatic hydroxyl groups excluding tert-OH is 1. The Kier molecular flexibility index (Phi) is 4.45. The van der Waals surface area contributed by atoms with Crippen molar-refractivity contribution in [3.8, 4) is 0 Å². The van der Waals surface area contributed by atoms with E-state index in [2.05, 4.69) is 0 Å². The second-order valence-corrected chi connectivity index (χ2v) is 6.82. The first-order valence-corrected chi connectivity index (χ1v) is 7.86. The third-order valence-corrected chi connectivity index (χ3v) is 5.52. The summed E-state index contributed by atoms with van der Waals surface area (Å²) in [7, 11) is -3.74. The largest absolute Gasteiger partial charge is 0.395 e. The van der Waals surface area contributed by atoms with Crippen LogP contribution in [0.5, 0.6) is 0 Å². The molecule has 7 heteroatoms. The topological polar surface area (TPSA) is 57.6 Å². The van der Waals surface area contributed by atoms with Crippen molar-refractivity contribution in [3.05, 3.63) is 29.0 Å². The standard InChI is InChI=1S/C12H15ClFNO3S/c13-11-7-10(4-5-12(11)14)19(17,18)15-6-2-1-3-9(15)8-16/h4-5,7,9,16H,1-3,6,8H2. The molecule has 0 aromatic heterocycles. The van der Waals surface area contributed by atoms with Gasteiger partial charge in [-0.05, 0) is 31.0 Å². The van der Waals surface area contributed by atoms with Gasteiger partial charge in [-0.1, -0.05) is 18.0 Å². The molecule has 0 aliphatic carbocycles.